The Hall–Kier alpha value is -2.01. The summed E-state index contributed by atoms with van der Waals surface area (Å²) in [7, 11) is 0. The van der Waals surface area contributed by atoms with Crippen LogP contribution in [-0.2, 0) is 6.54 Å². The number of rotatable bonds is 4. The molecule has 0 spiro atoms. The molecule has 2 aromatic rings. The van der Waals surface area contributed by atoms with Gasteiger partial charge in [-0.05, 0) is 38.4 Å². The van der Waals surface area contributed by atoms with Crippen LogP contribution in [-0.4, -0.2) is 48.2 Å². The highest BCUT2D eigenvalue weighted by Gasteiger charge is 2.25. The molecule has 0 unspecified atom stereocenters. The predicted molar refractivity (Wildman–Crippen MR) is 94.7 cm³/mol. The zero-order chi connectivity index (χ0) is 16.4. The van der Waals surface area contributed by atoms with Crippen LogP contribution in [0.2, 0.25) is 0 Å². The number of hydrogen-bond acceptors (Lipinski definition) is 3. The van der Waals surface area contributed by atoms with Gasteiger partial charge >= 0.3 is 0 Å². The van der Waals surface area contributed by atoms with Crippen molar-refractivity contribution in [2.75, 3.05) is 32.8 Å². The number of para-hydroxylation sites is 1. The van der Waals surface area contributed by atoms with Gasteiger partial charge in [0.25, 0.3) is 5.91 Å². The van der Waals surface area contributed by atoms with Gasteiger partial charge in [-0.1, -0.05) is 24.6 Å². The number of nitrogens with one attached hydrogen (secondary N) is 1. The van der Waals surface area contributed by atoms with E-state index in [0.717, 1.165) is 49.4 Å². The molecule has 5 nitrogen and oxygen atoms in total. The molecule has 2 aliphatic heterocycles. The number of carbonyl (C=O) groups is 1. The maximum absolute atomic E-state index is 12.8. The minimum Gasteiger partial charge on any atom is -0.478 e. The molecule has 5 heteroatoms. The quantitative estimate of drug-likeness (QED) is 0.939. The molecule has 3 heterocycles. The Kier molecular flexibility index (Phi) is 4.43. The Bertz CT molecular complexity index is 732. The fourth-order valence-corrected chi connectivity index (χ4v) is 3.86. The minimum absolute atomic E-state index is 0.0149. The van der Waals surface area contributed by atoms with Crippen LogP contribution in [0.15, 0.2) is 24.3 Å². The highest BCUT2D eigenvalue weighted by molar-refractivity contribution is 6.09. The smallest absolute Gasteiger partial charge is 0.257 e. The van der Waals surface area contributed by atoms with Crippen molar-refractivity contribution in [1.29, 1.82) is 0 Å². The van der Waals surface area contributed by atoms with E-state index < -0.39 is 0 Å². The molecule has 128 valence electrons. The van der Waals surface area contributed by atoms with Crippen LogP contribution in [0.1, 0.15) is 36.0 Å². The first-order valence-electron chi connectivity index (χ1n) is 9.09. The summed E-state index contributed by atoms with van der Waals surface area (Å²) >= 11 is 0. The Balaban J connectivity index is 1.51. The van der Waals surface area contributed by atoms with E-state index in [2.05, 4.69) is 20.9 Å². The molecule has 1 N–H and O–H groups in total. The zero-order valence-corrected chi connectivity index (χ0v) is 14.1. The topological polar surface area (TPSA) is 46.5 Å². The number of nitrogens with zero attached hydrogens (tertiary/aromatic N) is 2. The van der Waals surface area contributed by atoms with E-state index >= 15 is 0 Å². The third-order valence-corrected chi connectivity index (χ3v) is 5.08. The normalized spacial score (nSPS) is 18.2. The van der Waals surface area contributed by atoms with Crippen molar-refractivity contribution >= 4 is 16.8 Å². The molecule has 24 heavy (non-hydrogen) atoms. The summed E-state index contributed by atoms with van der Waals surface area (Å²) in [5.74, 6) is 0.719. The maximum Gasteiger partial charge on any atom is 0.257 e. The van der Waals surface area contributed by atoms with Gasteiger partial charge in [-0.15, -0.1) is 0 Å². The summed E-state index contributed by atoms with van der Waals surface area (Å²) in [6, 6.07) is 8.09. The fourth-order valence-electron chi connectivity index (χ4n) is 3.86. The number of fused-ring (bicyclic) bond motifs is 3. The van der Waals surface area contributed by atoms with Crippen LogP contribution in [0.4, 0.5) is 0 Å². The molecular formula is C19H25N3O2. The first kappa shape index (κ1) is 15.5. The lowest BCUT2D eigenvalue weighted by Crippen LogP contribution is -2.37. The first-order valence-corrected chi connectivity index (χ1v) is 9.09. The molecular weight excluding hydrogens is 302 g/mol. The van der Waals surface area contributed by atoms with E-state index in [1.807, 2.05) is 18.2 Å². The van der Waals surface area contributed by atoms with Gasteiger partial charge in [0.2, 0.25) is 5.88 Å². The number of hydrogen-bond donors (Lipinski definition) is 1. The summed E-state index contributed by atoms with van der Waals surface area (Å²) < 4.78 is 7.99. The number of piperidine rings is 1. The highest BCUT2D eigenvalue weighted by Crippen LogP contribution is 2.34. The second kappa shape index (κ2) is 6.85. The molecule has 0 atom stereocenters. The second-order valence-electron chi connectivity index (χ2n) is 6.71. The van der Waals surface area contributed by atoms with Crippen molar-refractivity contribution in [3.63, 3.8) is 0 Å². The standard InChI is InChI=1S/C19H25N3O2/c23-18(20-9-13-21-10-4-1-5-11-21)17-15-7-2-3-8-16(15)22-12-6-14-24-19(17)22/h2-3,7-8H,1,4-6,9-14H2,(H,20,23). The lowest BCUT2D eigenvalue weighted by atomic mass is 10.1. The maximum atomic E-state index is 12.8. The number of carbonyl (C=O) groups excluding carboxylic acids is 1. The van der Waals surface area contributed by atoms with Gasteiger partial charge in [-0.25, -0.2) is 0 Å². The second-order valence-corrected chi connectivity index (χ2v) is 6.71. The zero-order valence-electron chi connectivity index (χ0n) is 14.1. The van der Waals surface area contributed by atoms with E-state index in [1.54, 1.807) is 0 Å². The third-order valence-electron chi connectivity index (χ3n) is 5.08. The summed E-state index contributed by atoms with van der Waals surface area (Å²) in [5, 5.41) is 4.09. The van der Waals surface area contributed by atoms with Crippen molar-refractivity contribution in [2.24, 2.45) is 0 Å². The van der Waals surface area contributed by atoms with E-state index in [9.17, 15) is 4.79 Å². The summed E-state index contributed by atoms with van der Waals surface area (Å²) in [5.41, 5.74) is 1.79. The van der Waals surface area contributed by atoms with Crippen LogP contribution >= 0.6 is 0 Å². The largest absolute Gasteiger partial charge is 0.478 e. The Morgan fingerprint density at radius 2 is 1.92 bits per heavy atom. The summed E-state index contributed by atoms with van der Waals surface area (Å²) in [4.78, 5) is 15.2. The van der Waals surface area contributed by atoms with Crippen LogP contribution in [0.3, 0.4) is 0 Å². The molecule has 0 radical (unpaired) electrons. The molecule has 1 aromatic heterocycles. The van der Waals surface area contributed by atoms with Gasteiger partial charge in [-0.3, -0.25) is 4.79 Å². The molecule has 4 rings (SSSR count). The predicted octanol–water partition coefficient (Wildman–Crippen LogP) is 2.64. The fraction of sp³-hybridized carbons (Fsp3) is 0.526. The number of benzene rings is 1. The van der Waals surface area contributed by atoms with Crippen molar-refractivity contribution in [2.45, 2.75) is 32.2 Å². The van der Waals surface area contributed by atoms with E-state index in [-0.39, 0.29) is 5.91 Å². The van der Waals surface area contributed by atoms with E-state index in [0.29, 0.717) is 18.7 Å². The third kappa shape index (κ3) is 2.88. The SMILES string of the molecule is O=C(NCCN1CCCCC1)c1c2n(c3ccccc13)CCCO2. The van der Waals surface area contributed by atoms with Crippen molar-refractivity contribution in [3.05, 3.63) is 29.8 Å². The van der Waals surface area contributed by atoms with Gasteiger partial charge in [-0.2, -0.15) is 0 Å². The first-order chi connectivity index (χ1) is 11.8. The molecule has 1 amide bonds. The van der Waals surface area contributed by atoms with E-state index in [4.69, 9.17) is 4.74 Å². The van der Waals surface area contributed by atoms with Crippen molar-refractivity contribution in [3.8, 4) is 5.88 Å². The molecule has 1 aromatic carbocycles. The summed E-state index contributed by atoms with van der Waals surface area (Å²) in [6.07, 6.45) is 4.88. The number of likely N-dealkylation sites (tertiary alicyclic amines) is 1. The Morgan fingerprint density at radius 1 is 1.08 bits per heavy atom. The Morgan fingerprint density at radius 3 is 2.79 bits per heavy atom. The molecule has 0 aliphatic carbocycles. The van der Waals surface area contributed by atoms with Gasteiger partial charge in [0, 0.05) is 25.0 Å². The monoisotopic (exact) mass is 327 g/mol. The van der Waals surface area contributed by atoms with Crippen LogP contribution in [0, 0.1) is 0 Å². The van der Waals surface area contributed by atoms with Crippen molar-refractivity contribution in [1.82, 2.24) is 14.8 Å². The minimum atomic E-state index is -0.0149. The molecule has 2 aliphatic rings. The Labute approximate surface area is 142 Å². The van der Waals surface area contributed by atoms with E-state index in [1.165, 1.54) is 19.3 Å². The van der Waals surface area contributed by atoms with Gasteiger partial charge in [0.15, 0.2) is 0 Å². The molecule has 0 saturated carbocycles. The lowest BCUT2D eigenvalue weighted by Gasteiger charge is -2.26. The number of ether oxygens (including phenoxy) is 1. The average Bonchev–Trinajstić information content (AvgIpc) is 2.97. The summed E-state index contributed by atoms with van der Waals surface area (Å²) in [6.45, 7) is 5.53. The van der Waals surface area contributed by atoms with Crippen LogP contribution in [0.5, 0.6) is 5.88 Å². The average molecular weight is 327 g/mol. The molecule has 0 bridgehead atoms. The number of amides is 1. The number of aromatic nitrogens is 1. The lowest BCUT2D eigenvalue weighted by molar-refractivity contribution is 0.0941. The molecule has 1 fully saturated rings. The van der Waals surface area contributed by atoms with Gasteiger partial charge < -0.3 is 19.5 Å². The number of aryl methyl sites for hydroxylation is 1. The highest BCUT2D eigenvalue weighted by atomic mass is 16.5. The van der Waals surface area contributed by atoms with Crippen molar-refractivity contribution < 1.29 is 9.53 Å². The van der Waals surface area contributed by atoms with Crippen LogP contribution < -0.4 is 10.1 Å². The van der Waals surface area contributed by atoms with Gasteiger partial charge in [0.1, 0.15) is 5.56 Å². The molecule has 1 saturated heterocycles. The van der Waals surface area contributed by atoms with Crippen LogP contribution in [0.25, 0.3) is 10.9 Å². The van der Waals surface area contributed by atoms with Gasteiger partial charge in [0.05, 0.1) is 12.1 Å².